The number of amides is 2. The Morgan fingerprint density at radius 3 is 2.42 bits per heavy atom. The molecule has 0 bridgehead atoms. The average Bonchev–Trinajstić information content (AvgIpc) is 2.24. The Hall–Kier alpha value is -1.75. The molecule has 1 aromatic rings. The van der Waals surface area contributed by atoms with Gasteiger partial charge in [0.1, 0.15) is 6.04 Å². The zero-order valence-corrected chi connectivity index (χ0v) is 11.8. The van der Waals surface area contributed by atoms with E-state index in [2.05, 4.69) is 10.6 Å². The second kappa shape index (κ2) is 5.93. The molecule has 2 amide bonds. The number of carboxylic acids is 1. The molecule has 0 aromatic heterocycles. The van der Waals surface area contributed by atoms with Crippen LogP contribution in [0.15, 0.2) is 24.3 Å². The Morgan fingerprint density at radius 2 is 1.95 bits per heavy atom. The molecule has 0 saturated carbocycles. The molecule has 0 spiro atoms. The minimum Gasteiger partial charge on any atom is -0.480 e. The van der Waals surface area contributed by atoms with Crippen LogP contribution in [0.25, 0.3) is 0 Å². The van der Waals surface area contributed by atoms with Crippen LogP contribution in [-0.4, -0.2) is 23.1 Å². The zero-order valence-electron chi connectivity index (χ0n) is 11.0. The first kappa shape index (κ1) is 15.3. The number of hydrogen-bond acceptors (Lipinski definition) is 2. The van der Waals surface area contributed by atoms with Crippen molar-refractivity contribution in [2.24, 2.45) is 5.41 Å². The number of carboxylic acid groups (broad SMARTS) is 1. The standard InChI is InChI=1S/C13H17ClN2O3/c1-13(2,3)10(11(17)18)16-12(19)15-9-6-4-5-8(14)7-9/h4-7,10H,1-3H3,(H,17,18)(H2,15,16,19)/t10-/m0/s1. The number of anilines is 1. The third kappa shape index (κ3) is 4.79. The van der Waals surface area contributed by atoms with Crippen LogP contribution in [0.3, 0.4) is 0 Å². The van der Waals surface area contributed by atoms with Crippen molar-refractivity contribution >= 4 is 29.3 Å². The van der Waals surface area contributed by atoms with Gasteiger partial charge in [-0.05, 0) is 23.6 Å². The molecule has 1 aromatic carbocycles. The average molecular weight is 285 g/mol. The highest BCUT2D eigenvalue weighted by Gasteiger charge is 2.32. The van der Waals surface area contributed by atoms with E-state index in [1.54, 1.807) is 45.0 Å². The van der Waals surface area contributed by atoms with Crippen LogP contribution in [0.1, 0.15) is 20.8 Å². The van der Waals surface area contributed by atoms with Gasteiger partial charge in [-0.2, -0.15) is 0 Å². The molecule has 0 aliphatic heterocycles. The van der Waals surface area contributed by atoms with Crippen molar-refractivity contribution < 1.29 is 14.7 Å². The number of carbonyl (C=O) groups excluding carboxylic acids is 1. The predicted octanol–water partition coefficient (Wildman–Crippen LogP) is 2.96. The van der Waals surface area contributed by atoms with Gasteiger partial charge in [-0.15, -0.1) is 0 Å². The molecule has 19 heavy (non-hydrogen) atoms. The van der Waals surface area contributed by atoms with Gasteiger partial charge >= 0.3 is 12.0 Å². The molecule has 1 atom stereocenters. The lowest BCUT2D eigenvalue weighted by atomic mass is 9.87. The van der Waals surface area contributed by atoms with Crippen LogP contribution in [0.2, 0.25) is 5.02 Å². The van der Waals surface area contributed by atoms with Gasteiger partial charge < -0.3 is 15.7 Å². The summed E-state index contributed by atoms with van der Waals surface area (Å²) in [7, 11) is 0. The summed E-state index contributed by atoms with van der Waals surface area (Å²) in [4.78, 5) is 22.9. The van der Waals surface area contributed by atoms with E-state index < -0.39 is 23.5 Å². The highest BCUT2D eigenvalue weighted by Crippen LogP contribution is 2.20. The van der Waals surface area contributed by atoms with E-state index in [1.807, 2.05) is 0 Å². The summed E-state index contributed by atoms with van der Waals surface area (Å²) in [6.45, 7) is 5.22. The quantitative estimate of drug-likeness (QED) is 0.798. The van der Waals surface area contributed by atoms with Gasteiger partial charge in [-0.1, -0.05) is 38.4 Å². The molecule has 6 heteroatoms. The summed E-state index contributed by atoms with van der Waals surface area (Å²) >= 11 is 5.79. The molecule has 0 aliphatic carbocycles. The first-order valence-corrected chi connectivity index (χ1v) is 6.14. The molecule has 0 aliphatic rings. The van der Waals surface area contributed by atoms with E-state index in [4.69, 9.17) is 16.7 Å². The van der Waals surface area contributed by atoms with Crippen molar-refractivity contribution in [3.8, 4) is 0 Å². The van der Waals surface area contributed by atoms with Crippen LogP contribution in [-0.2, 0) is 4.79 Å². The van der Waals surface area contributed by atoms with Gasteiger partial charge in [-0.25, -0.2) is 9.59 Å². The minimum atomic E-state index is -1.08. The van der Waals surface area contributed by atoms with Gasteiger partial charge in [0.25, 0.3) is 0 Å². The van der Waals surface area contributed by atoms with Gasteiger partial charge in [-0.3, -0.25) is 0 Å². The van der Waals surface area contributed by atoms with Gasteiger partial charge in [0, 0.05) is 10.7 Å². The molecule has 0 fully saturated rings. The first-order chi connectivity index (χ1) is 8.70. The van der Waals surface area contributed by atoms with E-state index in [9.17, 15) is 9.59 Å². The Bertz CT molecular complexity index is 483. The highest BCUT2D eigenvalue weighted by atomic mass is 35.5. The fourth-order valence-electron chi connectivity index (χ4n) is 1.51. The van der Waals surface area contributed by atoms with E-state index in [1.165, 1.54) is 0 Å². The van der Waals surface area contributed by atoms with Crippen molar-refractivity contribution in [2.45, 2.75) is 26.8 Å². The van der Waals surface area contributed by atoms with Crippen LogP contribution in [0, 0.1) is 5.41 Å². The monoisotopic (exact) mass is 284 g/mol. The van der Waals surface area contributed by atoms with Crippen LogP contribution in [0.4, 0.5) is 10.5 Å². The topological polar surface area (TPSA) is 78.4 Å². The molecule has 1 rings (SSSR count). The normalized spacial score (nSPS) is 12.6. The fourth-order valence-corrected chi connectivity index (χ4v) is 1.70. The van der Waals surface area contributed by atoms with Crippen molar-refractivity contribution in [2.75, 3.05) is 5.32 Å². The lowest BCUT2D eigenvalue weighted by Gasteiger charge is -2.27. The molecule has 0 saturated heterocycles. The van der Waals surface area contributed by atoms with Gasteiger partial charge in [0.05, 0.1) is 0 Å². The van der Waals surface area contributed by atoms with E-state index in [-0.39, 0.29) is 0 Å². The maximum atomic E-state index is 11.8. The largest absolute Gasteiger partial charge is 0.480 e. The SMILES string of the molecule is CC(C)(C)[C@@H](NC(=O)Nc1cccc(Cl)c1)C(=O)O. The first-order valence-electron chi connectivity index (χ1n) is 5.76. The zero-order chi connectivity index (χ0) is 14.6. The third-order valence-electron chi connectivity index (χ3n) is 2.47. The number of hydrogen-bond donors (Lipinski definition) is 3. The number of aliphatic carboxylic acids is 1. The second-order valence-corrected chi connectivity index (χ2v) is 5.68. The second-order valence-electron chi connectivity index (χ2n) is 5.25. The molecular weight excluding hydrogens is 268 g/mol. The predicted molar refractivity (Wildman–Crippen MR) is 74.5 cm³/mol. The Kier molecular flexibility index (Phi) is 4.78. The maximum Gasteiger partial charge on any atom is 0.326 e. The Labute approximate surface area is 117 Å². The number of rotatable bonds is 3. The van der Waals surface area contributed by atoms with Crippen LogP contribution in [0.5, 0.6) is 0 Å². The Morgan fingerprint density at radius 1 is 1.32 bits per heavy atom. The van der Waals surface area contributed by atoms with Crippen molar-refractivity contribution in [1.29, 1.82) is 0 Å². The number of nitrogens with one attached hydrogen (secondary N) is 2. The smallest absolute Gasteiger partial charge is 0.326 e. The number of urea groups is 1. The lowest BCUT2D eigenvalue weighted by molar-refractivity contribution is -0.141. The third-order valence-corrected chi connectivity index (χ3v) is 2.71. The van der Waals surface area contributed by atoms with E-state index in [0.717, 1.165) is 0 Å². The maximum absolute atomic E-state index is 11.8. The molecule has 0 heterocycles. The molecular formula is C13H17ClN2O3. The summed E-state index contributed by atoms with van der Waals surface area (Å²) < 4.78 is 0. The van der Waals surface area contributed by atoms with E-state index >= 15 is 0 Å². The van der Waals surface area contributed by atoms with Crippen LogP contribution >= 0.6 is 11.6 Å². The molecule has 5 nitrogen and oxygen atoms in total. The van der Waals surface area contributed by atoms with E-state index in [0.29, 0.717) is 10.7 Å². The highest BCUT2D eigenvalue weighted by molar-refractivity contribution is 6.30. The summed E-state index contributed by atoms with van der Waals surface area (Å²) in [5.41, 5.74) is -0.0830. The molecule has 104 valence electrons. The fraction of sp³-hybridized carbons (Fsp3) is 0.385. The molecule has 0 radical (unpaired) electrons. The van der Waals surface area contributed by atoms with Crippen molar-refractivity contribution in [3.05, 3.63) is 29.3 Å². The number of carbonyl (C=O) groups is 2. The lowest BCUT2D eigenvalue weighted by Crippen LogP contribution is -2.50. The van der Waals surface area contributed by atoms with Crippen LogP contribution < -0.4 is 10.6 Å². The van der Waals surface area contributed by atoms with Crippen molar-refractivity contribution in [3.63, 3.8) is 0 Å². The summed E-state index contributed by atoms with van der Waals surface area (Å²) in [6, 6.07) is 5.05. The van der Waals surface area contributed by atoms with Crippen molar-refractivity contribution in [1.82, 2.24) is 5.32 Å². The summed E-state index contributed by atoms with van der Waals surface area (Å²) in [5, 5.41) is 14.6. The molecule has 0 unspecified atom stereocenters. The minimum absolute atomic E-state index is 0.489. The Balaban J connectivity index is 2.71. The summed E-state index contributed by atoms with van der Waals surface area (Å²) in [5.74, 6) is -1.08. The molecule has 3 N–H and O–H groups in total. The number of halogens is 1. The summed E-state index contributed by atoms with van der Waals surface area (Å²) in [6.07, 6.45) is 0. The van der Waals surface area contributed by atoms with Gasteiger partial charge in [0.2, 0.25) is 0 Å². The number of benzene rings is 1. The van der Waals surface area contributed by atoms with Gasteiger partial charge in [0.15, 0.2) is 0 Å².